The highest BCUT2D eigenvalue weighted by molar-refractivity contribution is 6.03. The lowest BCUT2D eigenvalue weighted by molar-refractivity contribution is -0.155. The highest BCUT2D eigenvalue weighted by Gasteiger charge is 2.34. The molecule has 0 spiro atoms. The first-order chi connectivity index (χ1) is 8.56. The third-order valence-corrected chi connectivity index (χ3v) is 3.03. The number of rotatable bonds is 6. The highest BCUT2D eigenvalue weighted by Crippen LogP contribution is 2.22. The maximum Gasteiger partial charge on any atom is 0.316 e. The minimum absolute atomic E-state index is 0.0605. The van der Waals surface area contributed by atoms with Crippen LogP contribution in [0.25, 0.3) is 0 Å². The molecular weight excluding hydrogens is 236 g/mol. The van der Waals surface area contributed by atoms with E-state index < -0.39 is 11.9 Å². The summed E-state index contributed by atoms with van der Waals surface area (Å²) >= 11 is 0. The molecule has 0 bridgehead atoms. The van der Waals surface area contributed by atoms with Gasteiger partial charge in [0.05, 0.1) is 6.61 Å². The van der Waals surface area contributed by atoms with Gasteiger partial charge in [-0.25, -0.2) is 0 Å². The normalized spacial score (nSPS) is 18.1. The molecule has 0 aromatic heterocycles. The van der Waals surface area contributed by atoms with E-state index in [4.69, 9.17) is 9.47 Å². The van der Waals surface area contributed by atoms with Crippen LogP contribution in [0.3, 0.4) is 0 Å². The van der Waals surface area contributed by atoms with E-state index in [0.717, 1.165) is 0 Å². The first kappa shape index (κ1) is 14.8. The third-order valence-electron chi connectivity index (χ3n) is 3.03. The Balaban J connectivity index is 2.70. The number of carbonyl (C=O) groups excluding carboxylic acids is 3. The molecule has 1 unspecified atom stereocenters. The minimum Gasteiger partial charge on any atom is -0.465 e. The number of ketones is 2. The Labute approximate surface area is 107 Å². The van der Waals surface area contributed by atoms with Gasteiger partial charge < -0.3 is 9.47 Å². The summed E-state index contributed by atoms with van der Waals surface area (Å²) in [5.74, 6) is -2.05. The molecular formula is C13H20O5. The smallest absolute Gasteiger partial charge is 0.316 e. The molecule has 5 heteroatoms. The standard InChI is InChI=1S/C13H20O5/c1-3-18-13(16)11(8-9(2)14)12(15)10-4-6-17-7-5-10/h10-11H,3-8H2,1-2H3. The van der Waals surface area contributed by atoms with Crippen LogP contribution < -0.4 is 0 Å². The van der Waals surface area contributed by atoms with E-state index in [9.17, 15) is 14.4 Å². The second-order valence-electron chi connectivity index (χ2n) is 4.50. The number of carbonyl (C=O) groups is 3. The topological polar surface area (TPSA) is 69.7 Å². The summed E-state index contributed by atoms with van der Waals surface area (Å²) in [6.07, 6.45) is 1.17. The van der Waals surface area contributed by atoms with Gasteiger partial charge in [0, 0.05) is 25.6 Å². The molecule has 1 atom stereocenters. The lowest BCUT2D eigenvalue weighted by Crippen LogP contribution is -2.35. The fraction of sp³-hybridized carbons (Fsp3) is 0.769. The van der Waals surface area contributed by atoms with Gasteiger partial charge >= 0.3 is 5.97 Å². The van der Waals surface area contributed by atoms with Crippen molar-refractivity contribution >= 4 is 17.5 Å². The van der Waals surface area contributed by atoms with E-state index >= 15 is 0 Å². The van der Waals surface area contributed by atoms with Crippen molar-refractivity contribution in [2.24, 2.45) is 11.8 Å². The summed E-state index contributed by atoms with van der Waals surface area (Å²) in [7, 11) is 0. The van der Waals surface area contributed by atoms with Crippen molar-refractivity contribution < 1.29 is 23.9 Å². The maximum absolute atomic E-state index is 12.2. The van der Waals surface area contributed by atoms with Gasteiger partial charge in [-0.15, -0.1) is 0 Å². The Bertz CT molecular complexity index is 317. The summed E-state index contributed by atoms with van der Waals surface area (Å²) in [6.45, 7) is 4.34. The molecule has 1 aliphatic heterocycles. The van der Waals surface area contributed by atoms with Gasteiger partial charge in [-0.1, -0.05) is 0 Å². The molecule has 0 aromatic carbocycles. The summed E-state index contributed by atoms with van der Waals surface area (Å²) in [5.41, 5.74) is 0. The lowest BCUT2D eigenvalue weighted by Gasteiger charge is -2.24. The van der Waals surface area contributed by atoms with Gasteiger partial charge in [-0.3, -0.25) is 14.4 Å². The number of esters is 1. The van der Waals surface area contributed by atoms with Crippen molar-refractivity contribution in [2.45, 2.75) is 33.1 Å². The quantitative estimate of drug-likeness (QED) is 0.526. The Morgan fingerprint density at radius 3 is 2.39 bits per heavy atom. The van der Waals surface area contributed by atoms with Gasteiger partial charge in [-0.05, 0) is 26.7 Å². The van der Waals surface area contributed by atoms with Crippen LogP contribution in [0.15, 0.2) is 0 Å². The van der Waals surface area contributed by atoms with E-state index in [1.165, 1.54) is 6.92 Å². The number of ether oxygens (including phenoxy) is 2. The van der Waals surface area contributed by atoms with Crippen LogP contribution in [0.1, 0.15) is 33.1 Å². The monoisotopic (exact) mass is 256 g/mol. The van der Waals surface area contributed by atoms with Crippen LogP contribution in [0, 0.1) is 11.8 Å². The number of hydrogen-bond donors (Lipinski definition) is 0. The van der Waals surface area contributed by atoms with Gasteiger partial charge in [0.2, 0.25) is 0 Å². The van der Waals surface area contributed by atoms with Crippen LogP contribution in [0.5, 0.6) is 0 Å². The van der Waals surface area contributed by atoms with E-state index in [1.54, 1.807) is 6.92 Å². The zero-order valence-corrected chi connectivity index (χ0v) is 10.9. The molecule has 1 aliphatic rings. The molecule has 1 heterocycles. The predicted molar refractivity (Wildman–Crippen MR) is 64.0 cm³/mol. The average molecular weight is 256 g/mol. The van der Waals surface area contributed by atoms with Crippen molar-refractivity contribution in [1.29, 1.82) is 0 Å². The first-order valence-electron chi connectivity index (χ1n) is 6.33. The van der Waals surface area contributed by atoms with Gasteiger partial charge in [-0.2, -0.15) is 0 Å². The Morgan fingerprint density at radius 1 is 1.28 bits per heavy atom. The fourth-order valence-electron chi connectivity index (χ4n) is 2.10. The molecule has 0 N–H and O–H groups in total. The van der Waals surface area contributed by atoms with E-state index in [-0.39, 0.29) is 30.5 Å². The molecule has 1 fully saturated rings. The Morgan fingerprint density at radius 2 is 1.89 bits per heavy atom. The molecule has 0 amide bonds. The average Bonchev–Trinajstić information content (AvgIpc) is 2.36. The summed E-state index contributed by atoms with van der Waals surface area (Å²) in [5, 5.41) is 0. The van der Waals surface area contributed by atoms with Gasteiger partial charge in [0.1, 0.15) is 11.7 Å². The zero-order valence-electron chi connectivity index (χ0n) is 10.9. The van der Waals surface area contributed by atoms with Crippen molar-refractivity contribution in [3.05, 3.63) is 0 Å². The zero-order chi connectivity index (χ0) is 13.5. The molecule has 102 valence electrons. The van der Waals surface area contributed by atoms with Crippen molar-refractivity contribution in [2.75, 3.05) is 19.8 Å². The van der Waals surface area contributed by atoms with Crippen LogP contribution >= 0.6 is 0 Å². The first-order valence-corrected chi connectivity index (χ1v) is 6.33. The maximum atomic E-state index is 12.2. The van der Waals surface area contributed by atoms with Crippen molar-refractivity contribution in [3.63, 3.8) is 0 Å². The van der Waals surface area contributed by atoms with Crippen molar-refractivity contribution in [1.82, 2.24) is 0 Å². The Hall–Kier alpha value is -1.23. The van der Waals surface area contributed by atoms with Crippen LogP contribution in [0.4, 0.5) is 0 Å². The minimum atomic E-state index is -0.939. The van der Waals surface area contributed by atoms with E-state index in [2.05, 4.69) is 0 Å². The van der Waals surface area contributed by atoms with Crippen LogP contribution in [-0.4, -0.2) is 37.4 Å². The third kappa shape index (κ3) is 4.22. The predicted octanol–water partition coefficient (Wildman–Crippen LogP) is 1.14. The van der Waals surface area contributed by atoms with E-state index in [0.29, 0.717) is 26.1 Å². The van der Waals surface area contributed by atoms with Crippen molar-refractivity contribution in [3.8, 4) is 0 Å². The van der Waals surface area contributed by atoms with Gasteiger partial charge in [0.15, 0.2) is 5.78 Å². The molecule has 0 radical (unpaired) electrons. The second kappa shape index (κ2) is 7.26. The summed E-state index contributed by atoms with van der Waals surface area (Å²) in [6, 6.07) is 0. The summed E-state index contributed by atoms with van der Waals surface area (Å²) in [4.78, 5) is 35.1. The molecule has 0 aromatic rings. The second-order valence-corrected chi connectivity index (χ2v) is 4.50. The van der Waals surface area contributed by atoms with E-state index in [1.807, 2.05) is 0 Å². The highest BCUT2D eigenvalue weighted by atomic mass is 16.5. The number of Topliss-reactive ketones (excluding diaryl/α,β-unsaturated/α-hetero) is 2. The van der Waals surface area contributed by atoms with Crippen LogP contribution in [-0.2, 0) is 23.9 Å². The molecule has 1 rings (SSSR count). The molecule has 5 nitrogen and oxygen atoms in total. The lowest BCUT2D eigenvalue weighted by atomic mass is 9.85. The summed E-state index contributed by atoms with van der Waals surface area (Å²) < 4.78 is 10.1. The molecule has 0 aliphatic carbocycles. The molecule has 1 saturated heterocycles. The Kier molecular flexibility index (Phi) is 5.98. The fourth-order valence-corrected chi connectivity index (χ4v) is 2.10. The molecule has 0 saturated carbocycles. The SMILES string of the molecule is CCOC(=O)C(CC(C)=O)C(=O)C1CCOCC1. The largest absolute Gasteiger partial charge is 0.465 e. The molecule has 18 heavy (non-hydrogen) atoms. The number of hydrogen-bond acceptors (Lipinski definition) is 5. The van der Waals surface area contributed by atoms with Crippen LogP contribution in [0.2, 0.25) is 0 Å². The van der Waals surface area contributed by atoms with Gasteiger partial charge in [0.25, 0.3) is 0 Å².